The van der Waals surface area contributed by atoms with E-state index in [1.807, 2.05) is 0 Å². The van der Waals surface area contributed by atoms with Crippen molar-refractivity contribution in [2.45, 2.75) is 29.7 Å². The molecule has 0 bridgehead atoms. The number of nitrogens with zero attached hydrogens (tertiary/aromatic N) is 2. The van der Waals surface area contributed by atoms with Crippen molar-refractivity contribution in [3.05, 3.63) is 96.2 Å². The Hall–Kier alpha value is -4.16. The highest BCUT2D eigenvalue weighted by atomic mass is 32.2. The molecule has 0 atom stereocenters. The van der Waals surface area contributed by atoms with Gasteiger partial charge in [0.1, 0.15) is 10.6 Å². The molecule has 0 unspecified atom stereocenters. The number of nitrogens with one attached hydrogen (secondary N) is 1. The number of anilines is 1. The van der Waals surface area contributed by atoms with Gasteiger partial charge in [-0.2, -0.15) is 0 Å². The number of para-hydroxylation sites is 1. The zero-order valence-corrected chi connectivity index (χ0v) is 21.7. The Balaban J connectivity index is 1.24. The number of carbonyl (C=O) groups excluding carboxylic acids is 1. The van der Waals surface area contributed by atoms with Crippen molar-refractivity contribution in [3.63, 3.8) is 0 Å². The summed E-state index contributed by atoms with van der Waals surface area (Å²) in [5.74, 6) is -0.742. The van der Waals surface area contributed by atoms with Gasteiger partial charge in [0.15, 0.2) is 0 Å². The maximum Gasteiger partial charge on any atom is 0.573 e. The van der Waals surface area contributed by atoms with Crippen molar-refractivity contribution < 1.29 is 36.2 Å². The van der Waals surface area contributed by atoms with Crippen molar-refractivity contribution in [3.8, 4) is 5.75 Å². The molecule has 1 amide bonds. The zero-order chi connectivity index (χ0) is 28.5. The van der Waals surface area contributed by atoms with Crippen LogP contribution in [0.2, 0.25) is 0 Å². The number of carbonyl (C=O) groups is 1. The second kappa shape index (κ2) is 10.4. The summed E-state index contributed by atoms with van der Waals surface area (Å²) in [5, 5.41) is 11.8. The smallest absolute Gasteiger partial charge is 0.406 e. The number of aromatic nitrogens is 1. The van der Waals surface area contributed by atoms with Gasteiger partial charge in [0.25, 0.3) is 15.9 Å². The van der Waals surface area contributed by atoms with Gasteiger partial charge < -0.3 is 14.7 Å². The minimum absolute atomic E-state index is 0.0297. The van der Waals surface area contributed by atoms with Gasteiger partial charge in [-0.05, 0) is 66.9 Å². The molecule has 1 aliphatic rings. The van der Waals surface area contributed by atoms with Crippen LogP contribution in [0, 0.1) is 0 Å². The number of hydrogen-bond donors (Lipinski definition) is 2. The number of piperidine rings is 1. The molecule has 208 valence electrons. The summed E-state index contributed by atoms with van der Waals surface area (Å²) in [4.78, 5) is 18.8. The standard InChI is InChI=1S/C28H24F3N3O5S/c29-28(30,31)39-23-7-2-6-21(18-23)27(36)13-16-34(17-14-27)26(35)20-9-11-22(12-10-20)33-40(37,38)24-8-1-4-19-5-3-15-32-25(19)24/h1-12,15,18,33,36H,13-14,16-17H2. The number of hydrogen-bond acceptors (Lipinski definition) is 6. The van der Waals surface area contributed by atoms with Crippen molar-refractivity contribution in [1.29, 1.82) is 0 Å². The fraction of sp³-hybridized carbons (Fsp3) is 0.214. The van der Waals surface area contributed by atoms with Crippen molar-refractivity contribution in [1.82, 2.24) is 9.88 Å². The molecule has 1 saturated heterocycles. The maximum atomic E-state index is 13.1. The quantitative estimate of drug-likeness (QED) is 0.335. The van der Waals surface area contributed by atoms with Crippen molar-refractivity contribution >= 4 is 32.5 Å². The molecule has 1 aromatic heterocycles. The highest BCUT2D eigenvalue weighted by Gasteiger charge is 2.37. The third-order valence-electron chi connectivity index (χ3n) is 6.75. The molecule has 4 aromatic rings. The number of fused-ring (bicyclic) bond motifs is 1. The van der Waals surface area contributed by atoms with Crippen LogP contribution in [0.25, 0.3) is 10.9 Å². The van der Waals surface area contributed by atoms with Crippen LogP contribution in [-0.2, 0) is 15.6 Å². The number of halogens is 3. The Morgan fingerprint density at radius 3 is 2.35 bits per heavy atom. The summed E-state index contributed by atoms with van der Waals surface area (Å²) >= 11 is 0. The molecule has 0 spiro atoms. The zero-order valence-electron chi connectivity index (χ0n) is 20.9. The van der Waals surface area contributed by atoms with Crippen LogP contribution in [0.1, 0.15) is 28.8 Å². The van der Waals surface area contributed by atoms with E-state index in [0.717, 1.165) is 12.1 Å². The molecule has 8 nitrogen and oxygen atoms in total. The van der Waals surface area contributed by atoms with Crippen LogP contribution in [0.4, 0.5) is 18.9 Å². The van der Waals surface area contributed by atoms with E-state index in [1.165, 1.54) is 53.6 Å². The molecule has 5 rings (SSSR count). The van der Waals surface area contributed by atoms with E-state index in [0.29, 0.717) is 16.5 Å². The van der Waals surface area contributed by atoms with E-state index < -0.39 is 27.7 Å². The first kappa shape index (κ1) is 27.4. The second-order valence-corrected chi connectivity index (χ2v) is 11.1. The van der Waals surface area contributed by atoms with Crippen molar-refractivity contribution in [2.75, 3.05) is 17.8 Å². The minimum atomic E-state index is -4.85. The van der Waals surface area contributed by atoms with Gasteiger partial charge >= 0.3 is 6.36 Å². The van der Waals surface area contributed by atoms with Crippen LogP contribution < -0.4 is 9.46 Å². The molecule has 0 saturated carbocycles. The molecule has 0 radical (unpaired) electrons. The van der Waals surface area contributed by atoms with Crippen molar-refractivity contribution in [2.24, 2.45) is 0 Å². The topological polar surface area (TPSA) is 109 Å². The molecular weight excluding hydrogens is 547 g/mol. The van der Waals surface area contributed by atoms with Gasteiger partial charge in [0.2, 0.25) is 0 Å². The van der Waals surface area contributed by atoms with Crippen LogP contribution in [-0.4, -0.2) is 48.8 Å². The molecule has 1 aliphatic heterocycles. The number of amides is 1. The van der Waals surface area contributed by atoms with Gasteiger partial charge in [-0.25, -0.2) is 8.42 Å². The molecule has 2 N–H and O–H groups in total. The van der Waals surface area contributed by atoms with Crippen LogP contribution >= 0.6 is 0 Å². The van der Waals surface area contributed by atoms with Crippen LogP contribution in [0.15, 0.2) is 90.0 Å². The van der Waals surface area contributed by atoms with E-state index in [2.05, 4.69) is 14.4 Å². The van der Waals surface area contributed by atoms with Crippen LogP contribution in [0.5, 0.6) is 5.75 Å². The normalized spacial score (nSPS) is 15.6. The fourth-order valence-electron chi connectivity index (χ4n) is 4.72. The Kier molecular flexibility index (Phi) is 7.15. The molecule has 3 aromatic carbocycles. The average molecular weight is 572 g/mol. The van der Waals surface area contributed by atoms with E-state index >= 15 is 0 Å². The lowest BCUT2D eigenvalue weighted by molar-refractivity contribution is -0.274. The largest absolute Gasteiger partial charge is 0.573 e. The summed E-state index contributed by atoms with van der Waals surface area (Å²) < 4.78 is 70.3. The number of rotatable bonds is 6. The van der Waals surface area contributed by atoms with Gasteiger partial charge in [-0.3, -0.25) is 14.5 Å². The predicted octanol–water partition coefficient (Wildman–Crippen LogP) is 5.06. The average Bonchev–Trinajstić information content (AvgIpc) is 2.92. The molecule has 0 aliphatic carbocycles. The third kappa shape index (κ3) is 5.87. The summed E-state index contributed by atoms with van der Waals surface area (Å²) in [6, 6.07) is 19.5. The minimum Gasteiger partial charge on any atom is -0.406 e. The lowest BCUT2D eigenvalue weighted by Gasteiger charge is -2.38. The highest BCUT2D eigenvalue weighted by Crippen LogP contribution is 2.36. The van der Waals surface area contributed by atoms with E-state index in [9.17, 15) is 31.5 Å². The summed E-state index contributed by atoms with van der Waals surface area (Å²) in [6.07, 6.45) is -3.10. The Bertz CT molecular complexity index is 1650. The first-order valence-corrected chi connectivity index (χ1v) is 13.8. The van der Waals surface area contributed by atoms with Gasteiger partial charge in [-0.1, -0.05) is 30.3 Å². The molecule has 2 heterocycles. The van der Waals surface area contributed by atoms with Gasteiger partial charge in [0, 0.05) is 35.9 Å². The first-order chi connectivity index (χ1) is 18.9. The highest BCUT2D eigenvalue weighted by molar-refractivity contribution is 7.93. The van der Waals surface area contributed by atoms with Crippen LogP contribution in [0.3, 0.4) is 0 Å². The third-order valence-corrected chi connectivity index (χ3v) is 8.16. The molecule has 1 fully saturated rings. The monoisotopic (exact) mass is 571 g/mol. The summed E-state index contributed by atoms with van der Waals surface area (Å²) in [7, 11) is -3.95. The maximum absolute atomic E-state index is 13.1. The molecule has 12 heteroatoms. The number of aliphatic hydroxyl groups is 1. The Morgan fingerprint density at radius 2 is 1.65 bits per heavy atom. The van der Waals surface area contributed by atoms with E-state index in [4.69, 9.17) is 0 Å². The number of sulfonamides is 1. The first-order valence-electron chi connectivity index (χ1n) is 12.3. The number of likely N-dealkylation sites (tertiary alicyclic amines) is 1. The van der Waals surface area contributed by atoms with Gasteiger partial charge in [-0.15, -0.1) is 13.2 Å². The lowest BCUT2D eigenvalue weighted by Crippen LogP contribution is -2.45. The number of pyridine rings is 1. The fourth-order valence-corrected chi connectivity index (χ4v) is 5.96. The lowest BCUT2D eigenvalue weighted by atomic mass is 9.84. The van der Waals surface area contributed by atoms with E-state index in [1.54, 1.807) is 24.3 Å². The predicted molar refractivity (Wildman–Crippen MR) is 141 cm³/mol. The SMILES string of the molecule is O=C(c1ccc(NS(=O)(=O)c2cccc3cccnc23)cc1)N1CCC(O)(c2cccc(OC(F)(F)F)c2)CC1. The number of benzene rings is 3. The van der Waals surface area contributed by atoms with Gasteiger partial charge in [0.05, 0.1) is 11.1 Å². The summed E-state index contributed by atoms with van der Waals surface area (Å²) in [6.45, 7) is 0.338. The number of alkyl halides is 3. The summed E-state index contributed by atoms with van der Waals surface area (Å²) in [5.41, 5.74) is -0.215. The Morgan fingerprint density at radius 1 is 0.975 bits per heavy atom. The molecule has 40 heavy (non-hydrogen) atoms. The number of ether oxygens (including phenoxy) is 1. The molecular formula is C28H24F3N3O5S. The van der Waals surface area contributed by atoms with E-state index in [-0.39, 0.29) is 48.0 Å². The second-order valence-electron chi connectivity index (χ2n) is 9.41. The Labute approximate surface area is 228 Å².